The fourth-order valence-corrected chi connectivity index (χ4v) is 3.64. The lowest BCUT2D eigenvalue weighted by Gasteiger charge is -2.11. The number of aromatic hydroxyl groups is 1. The zero-order valence-electron chi connectivity index (χ0n) is 13.3. The highest BCUT2D eigenvalue weighted by atomic mass is 35.5. The second kappa shape index (κ2) is 8.92. The Kier molecular flexibility index (Phi) is 7.14. The third-order valence-corrected chi connectivity index (χ3v) is 5.77. The predicted molar refractivity (Wildman–Crippen MR) is 103 cm³/mol. The molecular formula is C16H15Cl3N2O4S. The molecule has 0 atom stereocenters. The van der Waals surface area contributed by atoms with E-state index >= 15 is 0 Å². The van der Waals surface area contributed by atoms with Crippen LogP contribution < -0.4 is 10.0 Å². The minimum absolute atomic E-state index is 0.00299. The molecule has 2 aromatic carbocycles. The fraction of sp³-hybridized carbons (Fsp3) is 0.188. The van der Waals surface area contributed by atoms with Crippen LogP contribution in [0.2, 0.25) is 15.1 Å². The number of halogens is 3. The molecule has 0 heterocycles. The predicted octanol–water partition coefficient (Wildman–Crippen LogP) is 3.20. The third-order valence-electron chi connectivity index (χ3n) is 3.37. The van der Waals surface area contributed by atoms with Crippen LogP contribution >= 0.6 is 34.8 Å². The Balaban J connectivity index is 1.94. The van der Waals surface area contributed by atoms with Gasteiger partial charge in [-0.05, 0) is 11.6 Å². The third kappa shape index (κ3) is 5.49. The first kappa shape index (κ1) is 20.8. The second-order valence-corrected chi connectivity index (χ2v) is 8.38. The summed E-state index contributed by atoms with van der Waals surface area (Å²) in [4.78, 5) is 12.2. The van der Waals surface area contributed by atoms with E-state index in [1.807, 2.05) is 6.07 Å². The van der Waals surface area contributed by atoms with Gasteiger partial charge in [-0.1, -0.05) is 65.1 Å². The highest BCUT2D eigenvalue weighted by Crippen LogP contribution is 2.38. The van der Waals surface area contributed by atoms with Gasteiger partial charge in [0.2, 0.25) is 10.0 Å². The summed E-state index contributed by atoms with van der Waals surface area (Å²) in [7, 11) is -3.61. The minimum atomic E-state index is -3.61. The number of hydrogen-bond donors (Lipinski definition) is 3. The van der Waals surface area contributed by atoms with Crippen molar-refractivity contribution in [1.82, 2.24) is 10.0 Å². The van der Waals surface area contributed by atoms with Crippen molar-refractivity contribution in [1.29, 1.82) is 0 Å². The van der Waals surface area contributed by atoms with Crippen molar-refractivity contribution in [3.63, 3.8) is 0 Å². The van der Waals surface area contributed by atoms with Gasteiger partial charge in [0.1, 0.15) is 11.3 Å². The summed E-state index contributed by atoms with van der Waals surface area (Å²) in [5.41, 5.74) is 0.504. The van der Waals surface area contributed by atoms with Gasteiger partial charge in [-0.2, -0.15) is 0 Å². The van der Waals surface area contributed by atoms with Crippen LogP contribution in [0.25, 0.3) is 0 Å². The summed E-state index contributed by atoms with van der Waals surface area (Å²) in [5.74, 6) is -1.66. The number of amides is 1. The normalized spacial score (nSPS) is 11.3. The zero-order chi connectivity index (χ0) is 19.3. The molecule has 0 unspecified atom stereocenters. The molecule has 0 aliphatic carbocycles. The van der Waals surface area contributed by atoms with Crippen LogP contribution in [0, 0.1) is 0 Å². The lowest BCUT2D eigenvalue weighted by Crippen LogP contribution is -2.34. The van der Waals surface area contributed by atoms with Gasteiger partial charge in [0.05, 0.1) is 20.8 Å². The van der Waals surface area contributed by atoms with E-state index < -0.39 is 21.7 Å². The van der Waals surface area contributed by atoms with Crippen molar-refractivity contribution in [2.75, 3.05) is 12.3 Å². The van der Waals surface area contributed by atoms with E-state index in [0.29, 0.717) is 0 Å². The number of carbonyl (C=O) groups is 1. The first-order valence-corrected chi connectivity index (χ1v) is 10.2. The molecule has 26 heavy (non-hydrogen) atoms. The Labute approximate surface area is 166 Å². The number of benzene rings is 2. The summed E-state index contributed by atoms with van der Waals surface area (Å²) in [6.07, 6.45) is 0. The number of rotatable bonds is 7. The van der Waals surface area contributed by atoms with Gasteiger partial charge < -0.3 is 10.4 Å². The maximum absolute atomic E-state index is 12.2. The van der Waals surface area contributed by atoms with Gasteiger partial charge in [0.15, 0.2) is 0 Å². The molecule has 0 spiro atoms. The molecule has 0 bridgehead atoms. The molecule has 0 aliphatic heterocycles. The van der Waals surface area contributed by atoms with E-state index in [4.69, 9.17) is 34.8 Å². The summed E-state index contributed by atoms with van der Waals surface area (Å²) in [6, 6.07) is 10.2. The first-order chi connectivity index (χ1) is 12.2. The topological polar surface area (TPSA) is 95.5 Å². The Morgan fingerprint density at radius 3 is 2.38 bits per heavy atom. The zero-order valence-corrected chi connectivity index (χ0v) is 16.4. The number of phenolic OH excluding ortho intramolecular Hbond substituents is 1. The average Bonchev–Trinajstić information content (AvgIpc) is 2.59. The highest BCUT2D eigenvalue weighted by Gasteiger charge is 2.21. The summed E-state index contributed by atoms with van der Waals surface area (Å²) in [5, 5.41) is 11.9. The molecule has 6 nitrogen and oxygen atoms in total. The van der Waals surface area contributed by atoms with Crippen molar-refractivity contribution in [2.24, 2.45) is 0 Å². The van der Waals surface area contributed by atoms with Gasteiger partial charge in [-0.3, -0.25) is 4.79 Å². The summed E-state index contributed by atoms with van der Waals surface area (Å²) < 4.78 is 26.4. The molecule has 0 fully saturated rings. The van der Waals surface area contributed by atoms with E-state index in [-0.39, 0.29) is 39.5 Å². The molecule has 0 saturated heterocycles. The van der Waals surface area contributed by atoms with Crippen LogP contribution in [0.4, 0.5) is 0 Å². The van der Waals surface area contributed by atoms with E-state index in [9.17, 15) is 18.3 Å². The lowest BCUT2D eigenvalue weighted by molar-refractivity contribution is 0.0953. The van der Waals surface area contributed by atoms with Crippen LogP contribution in [0.15, 0.2) is 36.4 Å². The monoisotopic (exact) mass is 436 g/mol. The molecular weight excluding hydrogens is 423 g/mol. The number of nitrogens with one attached hydrogen (secondary N) is 2. The van der Waals surface area contributed by atoms with Gasteiger partial charge in [0, 0.05) is 13.1 Å². The highest BCUT2D eigenvalue weighted by molar-refractivity contribution is 7.89. The molecule has 0 saturated carbocycles. The molecule has 2 rings (SSSR count). The lowest BCUT2D eigenvalue weighted by atomic mass is 10.2. The largest absolute Gasteiger partial charge is 0.505 e. The van der Waals surface area contributed by atoms with Crippen LogP contribution in [0.5, 0.6) is 5.75 Å². The molecule has 2 aromatic rings. The molecule has 3 N–H and O–H groups in total. The van der Waals surface area contributed by atoms with Gasteiger partial charge >= 0.3 is 0 Å². The van der Waals surface area contributed by atoms with E-state index in [1.54, 1.807) is 24.3 Å². The standard InChI is InChI=1S/C16H15Cl3N2O4S/c17-11-8-12(18)15(22)13(14(11)19)16(23)20-6-7-26(24,25)21-9-10-4-2-1-3-5-10/h1-5,8,21-22H,6-7,9H2,(H,20,23). The molecule has 140 valence electrons. The van der Waals surface area contributed by atoms with Crippen LogP contribution in [0.1, 0.15) is 15.9 Å². The van der Waals surface area contributed by atoms with Gasteiger partial charge in [-0.25, -0.2) is 13.1 Å². The summed E-state index contributed by atoms with van der Waals surface area (Å²) in [6.45, 7) is -0.0451. The molecule has 0 radical (unpaired) electrons. The second-order valence-electron chi connectivity index (χ2n) is 5.26. The first-order valence-electron chi connectivity index (χ1n) is 7.37. The SMILES string of the molecule is O=C(NCCS(=O)(=O)NCc1ccccc1)c1c(O)c(Cl)cc(Cl)c1Cl. The van der Waals surface area contributed by atoms with Gasteiger partial charge in [0.25, 0.3) is 5.91 Å². The van der Waals surface area contributed by atoms with Gasteiger partial charge in [-0.15, -0.1) is 0 Å². The van der Waals surface area contributed by atoms with Crippen LogP contribution in [-0.2, 0) is 16.6 Å². The van der Waals surface area contributed by atoms with Crippen molar-refractivity contribution >= 4 is 50.7 Å². The number of carbonyl (C=O) groups excluding carboxylic acids is 1. The molecule has 0 aromatic heterocycles. The van der Waals surface area contributed by atoms with E-state index in [2.05, 4.69) is 10.0 Å². The maximum atomic E-state index is 12.2. The van der Waals surface area contributed by atoms with E-state index in [1.165, 1.54) is 6.07 Å². The van der Waals surface area contributed by atoms with Crippen LogP contribution in [0.3, 0.4) is 0 Å². The smallest absolute Gasteiger partial charge is 0.256 e. The molecule has 1 amide bonds. The molecule has 10 heteroatoms. The van der Waals surface area contributed by atoms with E-state index in [0.717, 1.165) is 5.56 Å². The minimum Gasteiger partial charge on any atom is -0.505 e. The van der Waals surface area contributed by atoms with Crippen molar-refractivity contribution in [3.05, 3.63) is 62.6 Å². The Morgan fingerprint density at radius 1 is 1.08 bits per heavy atom. The Bertz CT molecular complexity index is 879. The van der Waals surface area contributed by atoms with Crippen LogP contribution in [-0.4, -0.2) is 31.7 Å². The summed E-state index contributed by atoms with van der Waals surface area (Å²) >= 11 is 17.5. The quantitative estimate of drug-likeness (QED) is 0.580. The van der Waals surface area contributed by atoms with Crippen molar-refractivity contribution in [2.45, 2.75) is 6.54 Å². The Morgan fingerprint density at radius 2 is 1.73 bits per heavy atom. The number of sulfonamides is 1. The maximum Gasteiger partial charge on any atom is 0.256 e. The van der Waals surface area contributed by atoms with Crippen molar-refractivity contribution in [3.8, 4) is 5.75 Å². The van der Waals surface area contributed by atoms with Crippen molar-refractivity contribution < 1.29 is 18.3 Å². The Hall–Kier alpha value is -1.51. The number of phenols is 1. The fourth-order valence-electron chi connectivity index (χ4n) is 2.04. The molecule has 0 aliphatic rings. The number of hydrogen-bond acceptors (Lipinski definition) is 4. The average molecular weight is 438 g/mol.